The summed E-state index contributed by atoms with van der Waals surface area (Å²) < 4.78 is 27.9. The van der Waals surface area contributed by atoms with Gasteiger partial charge in [0.05, 0.1) is 4.90 Å². The highest BCUT2D eigenvalue weighted by molar-refractivity contribution is 7.89. The Bertz CT molecular complexity index is 759. The molecule has 134 valence electrons. The molecule has 2 rings (SSSR count). The summed E-state index contributed by atoms with van der Waals surface area (Å²) in [5.74, 6) is -0.0389. The Kier molecular flexibility index (Phi) is 4.61. The van der Waals surface area contributed by atoms with Crippen molar-refractivity contribution in [2.45, 2.75) is 64.3 Å². The quantitative estimate of drug-likeness (QED) is 0.909. The molecule has 1 heterocycles. The number of carbonyl (C=O) groups is 1. The standard InChI is InChI=1S/C18H28N2O3S/c1-12(2)16(21)20-11-18(6,7)14-10-13(8-9-15(14)20)24(22,23)19-17(3,4)5/h8-10,12,19H,11H2,1-7H3. The highest BCUT2D eigenvalue weighted by atomic mass is 32.2. The number of hydrogen-bond acceptors (Lipinski definition) is 3. The van der Waals surface area contributed by atoms with Gasteiger partial charge in [0.1, 0.15) is 0 Å². The lowest BCUT2D eigenvalue weighted by molar-refractivity contribution is -0.121. The van der Waals surface area contributed by atoms with Gasteiger partial charge in [0.2, 0.25) is 15.9 Å². The highest BCUT2D eigenvalue weighted by Crippen LogP contribution is 2.42. The van der Waals surface area contributed by atoms with E-state index in [1.54, 1.807) is 23.1 Å². The van der Waals surface area contributed by atoms with Crippen LogP contribution in [-0.4, -0.2) is 26.4 Å². The highest BCUT2D eigenvalue weighted by Gasteiger charge is 2.39. The summed E-state index contributed by atoms with van der Waals surface area (Å²) in [6.07, 6.45) is 0. The summed E-state index contributed by atoms with van der Waals surface area (Å²) >= 11 is 0. The molecule has 1 amide bonds. The van der Waals surface area contributed by atoms with Gasteiger partial charge in [0.15, 0.2) is 0 Å². The zero-order valence-corrected chi connectivity index (χ0v) is 16.4. The topological polar surface area (TPSA) is 66.5 Å². The number of hydrogen-bond donors (Lipinski definition) is 1. The molecule has 0 bridgehead atoms. The molecule has 0 unspecified atom stereocenters. The second-order valence-electron chi connectivity index (χ2n) is 8.50. The van der Waals surface area contributed by atoms with E-state index in [2.05, 4.69) is 4.72 Å². The Balaban J connectivity index is 2.50. The van der Waals surface area contributed by atoms with Crippen LogP contribution in [0.4, 0.5) is 5.69 Å². The Morgan fingerprint density at radius 1 is 1.25 bits per heavy atom. The fourth-order valence-corrected chi connectivity index (χ4v) is 4.44. The molecule has 0 spiro atoms. The van der Waals surface area contributed by atoms with Crippen LogP contribution in [0.3, 0.4) is 0 Å². The molecule has 24 heavy (non-hydrogen) atoms. The number of fused-ring (bicyclic) bond motifs is 1. The molecular weight excluding hydrogens is 324 g/mol. The van der Waals surface area contributed by atoms with Crippen LogP contribution in [0.1, 0.15) is 54.0 Å². The van der Waals surface area contributed by atoms with Crippen LogP contribution in [0.25, 0.3) is 0 Å². The van der Waals surface area contributed by atoms with Gasteiger partial charge in [-0.1, -0.05) is 27.7 Å². The van der Waals surface area contributed by atoms with Crippen molar-refractivity contribution in [3.8, 4) is 0 Å². The van der Waals surface area contributed by atoms with E-state index in [0.29, 0.717) is 6.54 Å². The fourth-order valence-electron chi connectivity index (χ4n) is 3.00. The van der Waals surface area contributed by atoms with Gasteiger partial charge in [-0.3, -0.25) is 4.79 Å². The number of carbonyl (C=O) groups excluding carboxylic acids is 1. The van der Waals surface area contributed by atoms with E-state index < -0.39 is 15.6 Å². The van der Waals surface area contributed by atoms with E-state index in [1.807, 2.05) is 48.5 Å². The molecule has 1 N–H and O–H groups in total. The molecule has 6 heteroatoms. The lowest BCUT2D eigenvalue weighted by atomic mass is 9.87. The predicted octanol–water partition coefficient (Wildman–Crippen LogP) is 3.04. The Morgan fingerprint density at radius 3 is 2.33 bits per heavy atom. The van der Waals surface area contributed by atoms with Gasteiger partial charge in [-0.25, -0.2) is 13.1 Å². The molecule has 0 saturated carbocycles. The van der Waals surface area contributed by atoms with Crippen LogP contribution in [0, 0.1) is 5.92 Å². The lowest BCUT2D eigenvalue weighted by Gasteiger charge is -2.22. The van der Waals surface area contributed by atoms with E-state index in [1.165, 1.54) is 0 Å². The Morgan fingerprint density at radius 2 is 1.83 bits per heavy atom. The third-order valence-electron chi connectivity index (χ3n) is 4.05. The lowest BCUT2D eigenvalue weighted by Crippen LogP contribution is -2.40. The number of rotatable bonds is 3. The van der Waals surface area contributed by atoms with Crippen molar-refractivity contribution >= 4 is 21.6 Å². The third-order valence-corrected chi connectivity index (χ3v) is 5.81. The van der Waals surface area contributed by atoms with Gasteiger partial charge < -0.3 is 4.90 Å². The summed E-state index contributed by atoms with van der Waals surface area (Å²) in [6.45, 7) is 13.8. The van der Waals surface area contributed by atoms with Crippen molar-refractivity contribution in [1.29, 1.82) is 0 Å². The number of amides is 1. The van der Waals surface area contributed by atoms with Crippen molar-refractivity contribution < 1.29 is 13.2 Å². The molecule has 0 radical (unpaired) electrons. The molecule has 0 saturated heterocycles. The molecule has 0 aromatic heterocycles. The van der Waals surface area contributed by atoms with Crippen molar-refractivity contribution in [2.75, 3.05) is 11.4 Å². The van der Waals surface area contributed by atoms with Gasteiger partial charge in [0, 0.05) is 29.1 Å². The van der Waals surface area contributed by atoms with E-state index in [9.17, 15) is 13.2 Å². The van der Waals surface area contributed by atoms with Gasteiger partial charge in [-0.05, 0) is 44.5 Å². The van der Waals surface area contributed by atoms with Crippen molar-refractivity contribution in [1.82, 2.24) is 4.72 Å². The van der Waals surface area contributed by atoms with Gasteiger partial charge in [-0.15, -0.1) is 0 Å². The second kappa shape index (κ2) is 5.85. The number of nitrogens with zero attached hydrogens (tertiary/aromatic N) is 1. The maximum atomic E-state index is 12.6. The van der Waals surface area contributed by atoms with Crippen LogP contribution >= 0.6 is 0 Å². The molecule has 1 aliphatic heterocycles. The first-order valence-electron chi connectivity index (χ1n) is 8.24. The first kappa shape index (κ1) is 18.9. The van der Waals surface area contributed by atoms with Gasteiger partial charge >= 0.3 is 0 Å². The van der Waals surface area contributed by atoms with E-state index in [-0.39, 0.29) is 22.1 Å². The number of sulfonamides is 1. The summed E-state index contributed by atoms with van der Waals surface area (Å²) in [5.41, 5.74) is 0.877. The maximum absolute atomic E-state index is 12.6. The molecule has 1 aromatic carbocycles. The molecular formula is C18H28N2O3S. The normalized spacial score (nSPS) is 17.2. The third kappa shape index (κ3) is 3.64. The summed E-state index contributed by atoms with van der Waals surface area (Å²) in [6, 6.07) is 5.04. The van der Waals surface area contributed by atoms with E-state index >= 15 is 0 Å². The Labute approximate surface area is 145 Å². The van der Waals surface area contributed by atoms with Crippen LogP contribution in [0.15, 0.2) is 23.1 Å². The molecule has 5 nitrogen and oxygen atoms in total. The van der Waals surface area contributed by atoms with Crippen LogP contribution in [0.5, 0.6) is 0 Å². The maximum Gasteiger partial charge on any atom is 0.241 e. The zero-order valence-electron chi connectivity index (χ0n) is 15.6. The van der Waals surface area contributed by atoms with Crippen molar-refractivity contribution in [3.05, 3.63) is 23.8 Å². The first-order chi connectivity index (χ1) is 10.7. The predicted molar refractivity (Wildman–Crippen MR) is 96.7 cm³/mol. The Hall–Kier alpha value is -1.40. The molecule has 0 fully saturated rings. The smallest absolute Gasteiger partial charge is 0.241 e. The van der Waals surface area contributed by atoms with E-state index in [4.69, 9.17) is 0 Å². The van der Waals surface area contributed by atoms with Crippen LogP contribution in [0.2, 0.25) is 0 Å². The molecule has 0 atom stereocenters. The molecule has 1 aromatic rings. The zero-order chi connectivity index (χ0) is 18.5. The van der Waals surface area contributed by atoms with Gasteiger partial charge in [0.25, 0.3) is 0 Å². The van der Waals surface area contributed by atoms with Gasteiger partial charge in [-0.2, -0.15) is 0 Å². The number of nitrogens with one attached hydrogen (secondary N) is 1. The summed E-state index contributed by atoms with van der Waals surface area (Å²) in [5, 5.41) is 0. The van der Waals surface area contributed by atoms with Crippen LogP contribution in [-0.2, 0) is 20.2 Å². The van der Waals surface area contributed by atoms with Crippen LogP contribution < -0.4 is 9.62 Å². The average molecular weight is 353 g/mol. The molecule has 1 aliphatic rings. The number of anilines is 1. The minimum atomic E-state index is -3.60. The SMILES string of the molecule is CC(C)C(=O)N1CC(C)(C)c2cc(S(=O)(=O)NC(C)(C)C)ccc21. The fraction of sp³-hybridized carbons (Fsp3) is 0.611. The number of benzene rings is 1. The largest absolute Gasteiger partial charge is 0.311 e. The summed E-state index contributed by atoms with van der Waals surface area (Å²) in [4.78, 5) is 14.5. The second-order valence-corrected chi connectivity index (χ2v) is 10.2. The minimum absolute atomic E-state index is 0.0604. The average Bonchev–Trinajstić information content (AvgIpc) is 2.67. The van der Waals surface area contributed by atoms with E-state index in [0.717, 1.165) is 11.3 Å². The minimum Gasteiger partial charge on any atom is -0.311 e. The monoisotopic (exact) mass is 352 g/mol. The van der Waals surface area contributed by atoms with Crippen molar-refractivity contribution in [2.24, 2.45) is 5.92 Å². The summed E-state index contributed by atoms with van der Waals surface area (Å²) in [7, 11) is -3.60. The van der Waals surface area contributed by atoms with Crippen molar-refractivity contribution in [3.63, 3.8) is 0 Å². The first-order valence-corrected chi connectivity index (χ1v) is 9.73. The molecule has 0 aliphatic carbocycles.